The van der Waals surface area contributed by atoms with Crippen LogP contribution < -0.4 is 15.4 Å². The molecule has 1 atom stereocenters. The predicted molar refractivity (Wildman–Crippen MR) is 142 cm³/mol. The van der Waals surface area contributed by atoms with Crippen molar-refractivity contribution in [3.8, 4) is 5.75 Å². The number of halogens is 1. The summed E-state index contributed by atoms with van der Waals surface area (Å²) < 4.78 is 7.07. The second-order valence-electron chi connectivity index (χ2n) is 9.78. The fourth-order valence-corrected chi connectivity index (χ4v) is 5.07. The molecular formula is C28H30ClN5O4. The van der Waals surface area contributed by atoms with Crippen LogP contribution in [-0.4, -0.2) is 50.4 Å². The van der Waals surface area contributed by atoms with E-state index < -0.39 is 11.4 Å². The lowest BCUT2D eigenvalue weighted by Crippen LogP contribution is -2.64. The van der Waals surface area contributed by atoms with E-state index in [4.69, 9.17) is 16.3 Å². The van der Waals surface area contributed by atoms with Crippen LogP contribution in [0.3, 0.4) is 0 Å². The maximum absolute atomic E-state index is 13.8. The second kappa shape index (κ2) is 10.5. The third kappa shape index (κ3) is 4.98. The monoisotopic (exact) mass is 535 g/mol. The standard InChI is InChI=1S/C28H30ClN5O4/c1-3-38-21-12-8-18(9-13-21)14-30-25(35)23-24-26(36)34(20-10-11-20)28(2,16-33(24)17-32-23)27(37)31-15-19-6-4-5-7-22(19)29/h4-9,12-13,17,20H,3,10-11,14-16H2,1-2H3,(H,30,35)(H,31,37). The molecule has 5 rings (SSSR count). The van der Waals surface area contributed by atoms with Gasteiger partial charge >= 0.3 is 0 Å². The van der Waals surface area contributed by atoms with Gasteiger partial charge in [0.15, 0.2) is 5.69 Å². The average molecular weight is 536 g/mol. The Morgan fingerprint density at radius 2 is 1.84 bits per heavy atom. The van der Waals surface area contributed by atoms with E-state index in [1.54, 1.807) is 22.5 Å². The van der Waals surface area contributed by atoms with Gasteiger partial charge in [0, 0.05) is 24.2 Å². The molecule has 0 radical (unpaired) electrons. The van der Waals surface area contributed by atoms with Gasteiger partial charge < -0.3 is 24.8 Å². The summed E-state index contributed by atoms with van der Waals surface area (Å²) in [5.41, 5.74) is 0.815. The van der Waals surface area contributed by atoms with E-state index in [9.17, 15) is 14.4 Å². The molecule has 2 aliphatic rings. The van der Waals surface area contributed by atoms with E-state index in [0.29, 0.717) is 11.6 Å². The van der Waals surface area contributed by atoms with Gasteiger partial charge in [0.25, 0.3) is 11.8 Å². The van der Waals surface area contributed by atoms with Crippen molar-refractivity contribution < 1.29 is 19.1 Å². The van der Waals surface area contributed by atoms with Crippen LogP contribution in [0.1, 0.15) is 58.8 Å². The zero-order valence-corrected chi connectivity index (χ0v) is 22.1. The summed E-state index contributed by atoms with van der Waals surface area (Å²) in [6, 6.07) is 14.7. The first kappa shape index (κ1) is 25.8. The van der Waals surface area contributed by atoms with E-state index in [0.717, 1.165) is 29.7 Å². The largest absolute Gasteiger partial charge is 0.494 e. The molecule has 2 N–H and O–H groups in total. The number of aromatic nitrogens is 2. The highest BCUT2D eigenvalue weighted by molar-refractivity contribution is 6.31. The molecule has 1 aliphatic carbocycles. The van der Waals surface area contributed by atoms with Gasteiger partial charge in [-0.3, -0.25) is 14.4 Å². The molecule has 38 heavy (non-hydrogen) atoms. The van der Waals surface area contributed by atoms with Gasteiger partial charge in [0.05, 0.1) is 19.5 Å². The Balaban J connectivity index is 1.33. The number of amides is 3. The topological polar surface area (TPSA) is 106 Å². The number of hydrogen-bond donors (Lipinski definition) is 2. The third-order valence-corrected chi connectivity index (χ3v) is 7.34. The lowest BCUT2D eigenvalue weighted by molar-refractivity contribution is -0.133. The lowest BCUT2D eigenvalue weighted by Gasteiger charge is -2.44. The Morgan fingerprint density at radius 3 is 2.53 bits per heavy atom. The minimum atomic E-state index is -1.14. The molecule has 0 spiro atoms. The SMILES string of the molecule is CCOc1ccc(CNC(=O)c2ncn3c2C(=O)N(C2CC2)C(C)(C(=O)NCc2ccccc2Cl)C3)cc1. The van der Waals surface area contributed by atoms with Crippen LogP contribution in [0, 0.1) is 0 Å². The number of nitrogens with one attached hydrogen (secondary N) is 2. The molecule has 10 heteroatoms. The van der Waals surface area contributed by atoms with Crippen molar-refractivity contribution in [3.63, 3.8) is 0 Å². The quantitative estimate of drug-likeness (QED) is 0.436. The number of ether oxygens (including phenoxy) is 1. The summed E-state index contributed by atoms with van der Waals surface area (Å²) in [5.74, 6) is -0.324. The van der Waals surface area contributed by atoms with Gasteiger partial charge in [-0.25, -0.2) is 4.98 Å². The van der Waals surface area contributed by atoms with Crippen molar-refractivity contribution in [2.24, 2.45) is 0 Å². The summed E-state index contributed by atoms with van der Waals surface area (Å²) in [6.07, 6.45) is 3.09. The highest BCUT2D eigenvalue weighted by Crippen LogP contribution is 2.39. The van der Waals surface area contributed by atoms with Crippen molar-refractivity contribution >= 4 is 29.3 Å². The first-order chi connectivity index (χ1) is 18.3. The molecule has 1 unspecified atom stereocenters. The molecule has 1 aromatic heterocycles. The Morgan fingerprint density at radius 1 is 1.11 bits per heavy atom. The lowest BCUT2D eigenvalue weighted by atomic mass is 9.93. The van der Waals surface area contributed by atoms with E-state index in [1.165, 1.54) is 6.33 Å². The van der Waals surface area contributed by atoms with Crippen LogP contribution in [0.2, 0.25) is 5.02 Å². The van der Waals surface area contributed by atoms with E-state index >= 15 is 0 Å². The van der Waals surface area contributed by atoms with Crippen LogP contribution in [-0.2, 0) is 24.4 Å². The third-order valence-electron chi connectivity index (χ3n) is 6.97. The van der Waals surface area contributed by atoms with Crippen LogP contribution in [0.5, 0.6) is 5.75 Å². The summed E-state index contributed by atoms with van der Waals surface area (Å²) in [7, 11) is 0. The molecule has 1 aliphatic heterocycles. The summed E-state index contributed by atoms with van der Waals surface area (Å²) >= 11 is 6.25. The molecule has 198 valence electrons. The van der Waals surface area contributed by atoms with Crippen molar-refractivity contribution in [2.75, 3.05) is 6.61 Å². The van der Waals surface area contributed by atoms with Gasteiger partial charge in [-0.15, -0.1) is 0 Å². The summed E-state index contributed by atoms with van der Waals surface area (Å²) in [4.78, 5) is 46.3. The molecule has 1 saturated carbocycles. The molecule has 1 fully saturated rings. The van der Waals surface area contributed by atoms with E-state index in [-0.39, 0.29) is 48.9 Å². The average Bonchev–Trinajstić information content (AvgIpc) is 3.65. The van der Waals surface area contributed by atoms with Gasteiger partial charge in [0.2, 0.25) is 5.91 Å². The highest BCUT2D eigenvalue weighted by atomic mass is 35.5. The van der Waals surface area contributed by atoms with Crippen molar-refractivity contribution in [1.29, 1.82) is 0 Å². The maximum Gasteiger partial charge on any atom is 0.274 e. The van der Waals surface area contributed by atoms with Crippen LogP contribution in [0.4, 0.5) is 0 Å². The van der Waals surface area contributed by atoms with Crippen LogP contribution in [0.15, 0.2) is 54.9 Å². The number of carbonyl (C=O) groups excluding carboxylic acids is 3. The van der Waals surface area contributed by atoms with Gasteiger partial charge in [-0.1, -0.05) is 41.9 Å². The minimum absolute atomic E-state index is 0.0537. The van der Waals surface area contributed by atoms with E-state index in [2.05, 4.69) is 15.6 Å². The maximum atomic E-state index is 13.8. The number of rotatable bonds is 9. The molecule has 3 aromatic rings. The minimum Gasteiger partial charge on any atom is -0.494 e. The van der Waals surface area contributed by atoms with E-state index in [1.807, 2.05) is 49.4 Å². The fourth-order valence-electron chi connectivity index (χ4n) is 4.87. The van der Waals surface area contributed by atoms with Crippen LogP contribution in [0.25, 0.3) is 0 Å². The number of fused-ring (bicyclic) bond motifs is 1. The van der Waals surface area contributed by atoms with Crippen molar-refractivity contribution in [2.45, 2.75) is 57.9 Å². The molecule has 2 heterocycles. The number of hydrogen-bond acceptors (Lipinski definition) is 5. The molecule has 9 nitrogen and oxygen atoms in total. The second-order valence-corrected chi connectivity index (χ2v) is 10.2. The number of imidazole rings is 1. The first-order valence-corrected chi connectivity index (χ1v) is 13.1. The van der Waals surface area contributed by atoms with Gasteiger partial charge in [-0.05, 0) is 56.0 Å². The van der Waals surface area contributed by atoms with Gasteiger partial charge in [-0.2, -0.15) is 0 Å². The Kier molecular flexibility index (Phi) is 7.12. The van der Waals surface area contributed by atoms with Crippen molar-refractivity contribution in [1.82, 2.24) is 25.1 Å². The smallest absolute Gasteiger partial charge is 0.274 e. The zero-order valence-electron chi connectivity index (χ0n) is 21.4. The molecule has 0 bridgehead atoms. The Hall–Kier alpha value is -3.85. The van der Waals surface area contributed by atoms with Crippen LogP contribution >= 0.6 is 11.6 Å². The predicted octanol–water partition coefficient (Wildman–Crippen LogP) is 3.56. The molecule has 3 amide bonds. The molecular weight excluding hydrogens is 506 g/mol. The summed E-state index contributed by atoms with van der Waals surface area (Å²) in [5, 5.41) is 6.37. The first-order valence-electron chi connectivity index (χ1n) is 12.7. The van der Waals surface area contributed by atoms with Gasteiger partial charge in [0.1, 0.15) is 17.0 Å². The highest BCUT2D eigenvalue weighted by Gasteiger charge is 2.53. The zero-order chi connectivity index (χ0) is 26.9. The normalized spacial score (nSPS) is 18.6. The fraction of sp³-hybridized carbons (Fsp3) is 0.357. The summed E-state index contributed by atoms with van der Waals surface area (Å²) in [6.45, 7) is 4.98. The number of carbonyl (C=O) groups is 3. The Labute approximate surface area is 226 Å². The number of nitrogens with zero attached hydrogens (tertiary/aromatic N) is 3. The molecule has 0 saturated heterocycles. The molecule has 2 aromatic carbocycles. The Bertz CT molecular complexity index is 1370. The number of benzene rings is 2. The van der Waals surface area contributed by atoms with Crippen molar-refractivity contribution in [3.05, 3.63) is 82.4 Å².